The first-order chi connectivity index (χ1) is 10.7. The van der Waals surface area contributed by atoms with Crippen molar-refractivity contribution in [3.8, 4) is 5.75 Å². The molecule has 0 saturated carbocycles. The van der Waals surface area contributed by atoms with Crippen molar-refractivity contribution in [2.24, 2.45) is 0 Å². The quantitative estimate of drug-likeness (QED) is 0.655. The van der Waals surface area contributed by atoms with Gasteiger partial charge in [-0.1, -0.05) is 30.3 Å². The van der Waals surface area contributed by atoms with E-state index in [2.05, 4.69) is 0 Å². The van der Waals surface area contributed by atoms with E-state index in [1.54, 1.807) is 48.5 Å². The fraction of sp³-hybridized carbons (Fsp3) is 0.0588. The molecule has 5 heteroatoms. The van der Waals surface area contributed by atoms with Gasteiger partial charge in [-0.15, -0.1) is 0 Å². The highest BCUT2D eigenvalue weighted by Crippen LogP contribution is 2.17. The molecule has 0 spiro atoms. The summed E-state index contributed by atoms with van der Waals surface area (Å²) in [6, 6.07) is 14.9. The Kier molecular flexibility index (Phi) is 5.31. The van der Waals surface area contributed by atoms with Gasteiger partial charge in [-0.05, 0) is 30.3 Å². The summed E-state index contributed by atoms with van der Waals surface area (Å²) in [4.78, 5) is 22.6. The molecule has 0 bridgehead atoms. The lowest BCUT2D eigenvalue weighted by atomic mass is 10.2. The fourth-order valence-corrected chi connectivity index (χ4v) is 1.70. The third-order valence-electron chi connectivity index (χ3n) is 2.73. The Balaban J connectivity index is 1.84. The predicted molar refractivity (Wildman–Crippen MR) is 79.9 cm³/mol. The lowest BCUT2D eigenvalue weighted by molar-refractivity contribution is 0.0660. The first-order valence-electron chi connectivity index (χ1n) is 6.54. The van der Waals surface area contributed by atoms with Crippen LogP contribution in [0.4, 0.5) is 0 Å². The molecule has 0 heterocycles. The molecule has 1 N–H and O–H groups in total. The lowest BCUT2D eigenvalue weighted by Gasteiger charge is -2.06. The molecule has 0 saturated heterocycles. The van der Waals surface area contributed by atoms with E-state index in [-0.39, 0.29) is 17.9 Å². The minimum atomic E-state index is -1.06. The maximum absolute atomic E-state index is 11.6. The maximum atomic E-state index is 11.6. The zero-order chi connectivity index (χ0) is 15.8. The molecule has 0 amide bonds. The van der Waals surface area contributed by atoms with Crippen LogP contribution in [0.15, 0.2) is 66.9 Å². The first kappa shape index (κ1) is 15.3. The second-order valence-electron chi connectivity index (χ2n) is 4.26. The molecule has 5 nitrogen and oxygen atoms in total. The van der Waals surface area contributed by atoms with Crippen molar-refractivity contribution in [2.75, 3.05) is 6.61 Å². The lowest BCUT2D eigenvalue weighted by Crippen LogP contribution is -2.03. The van der Waals surface area contributed by atoms with Crippen LogP contribution in [0.25, 0.3) is 0 Å². The van der Waals surface area contributed by atoms with Crippen molar-refractivity contribution >= 4 is 11.9 Å². The molecule has 0 atom stereocenters. The Bertz CT molecular complexity index is 676. The van der Waals surface area contributed by atoms with Crippen molar-refractivity contribution in [2.45, 2.75) is 0 Å². The van der Waals surface area contributed by atoms with Gasteiger partial charge in [0.1, 0.15) is 17.9 Å². The van der Waals surface area contributed by atoms with Gasteiger partial charge in [0.15, 0.2) is 0 Å². The number of esters is 1. The normalized spacial score (nSPS) is 10.4. The fourth-order valence-electron chi connectivity index (χ4n) is 1.70. The van der Waals surface area contributed by atoms with E-state index in [9.17, 15) is 9.59 Å². The van der Waals surface area contributed by atoms with E-state index in [0.29, 0.717) is 5.56 Å². The van der Waals surface area contributed by atoms with Crippen molar-refractivity contribution in [3.05, 3.63) is 78.1 Å². The van der Waals surface area contributed by atoms with Gasteiger partial charge in [-0.3, -0.25) is 0 Å². The van der Waals surface area contributed by atoms with Crippen LogP contribution < -0.4 is 4.74 Å². The molecular weight excluding hydrogens is 284 g/mol. The van der Waals surface area contributed by atoms with Crippen molar-refractivity contribution < 1.29 is 24.2 Å². The Morgan fingerprint density at radius 1 is 1.00 bits per heavy atom. The van der Waals surface area contributed by atoms with Gasteiger partial charge in [0.2, 0.25) is 0 Å². The molecule has 0 radical (unpaired) electrons. The van der Waals surface area contributed by atoms with Crippen LogP contribution in [0.2, 0.25) is 0 Å². The summed E-state index contributed by atoms with van der Waals surface area (Å²) in [5.41, 5.74) is 0.529. The Morgan fingerprint density at radius 2 is 1.68 bits per heavy atom. The van der Waals surface area contributed by atoms with Crippen LogP contribution in [0, 0.1) is 0 Å². The number of hydrogen-bond donors (Lipinski definition) is 1. The largest absolute Gasteiger partial charge is 0.489 e. The van der Waals surface area contributed by atoms with Gasteiger partial charge in [0.25, 0.3) is 0 Å². The molecule has 0 fully saturated rings. The predicted octanol–water partition coefficient (Wildman–Crippen LogP) is 3.13. The number of carboxylic acids is 1. The molecule has 112 valence electrons. The zero-order valence-electron chi connectivity index (χ0n) is 11.6. The highest BCUT2D eigenvalue weighted by atomic mass is 16.5. The second-order valence-corrected chi connectivity index (χ2v) is 4.26. The van der Waals surface area contributed by atoms with Crippen molar-refractivity contribution in [1.29, 1.82) is 0 Å². The molecule has 0 aliphatic rings. The molecule has 2 aromatic rings. The minimum Gasteiger partial charge on any atom is -0.489 e. The van der Waals surface area contributed by atoms with Gasteiger partial charge >= 0.3 is 11.9 Å². The summed E-state index contributed by atoms with van der Waals surface area (Å²) < 4.78 is 10.3. The third-order valence-corrected chi connectivity index (χ3v) is 2.73. The molecule has 2 rings (SSSR count). The summed E-state index contributed by atoms with van der Waals surface area (Å²) in [5, 5.41) is 9.00. The number of para-hydroxylation sites is 1. The number of ether oxygens (including phenoxy) is 2. The zero-order valence-corrected chi connectivity index (χ0v) is 11.6. The van der Waals surface area contributed by atoms with Gasteiger partial charge in [0.05, 0.1) is 11.8 Å². The number of hydrogen-bond acceptors (Lipinski definition) is 4. The Labute approximate surface area is 127 Å². The Hall–Kier alpha value is -3.08. The van der Waals surface area contributed by atoms with E-state index in [0.717, 1.165) is 0 Å². The smallest absolute Gasteiger partial charge is 0.342 e. The van der Waals surface area contributed by atoms with Crippen molar-refractivity contribution in [1.82, 2.24) is 0 Å². The summed E-state index contributed by atoms with van der Waals surface area (Å²) >= 11 is 0. The average molecular weight is 298 g/mol. The average Bonchev–Trinajstić information content (AvgIpc) is 2.55. The number of carbonyl (C=O) groups excluding carboxylic acids is 1. The van der Waals surface area contributed by atoms with Crippen LogP contribution in [-0.4, -0.2) is 23.7 Å². The van der Waals surface area contributed by atoms with Crippen molar-refractivity contribution in [3.63, 3.8) is 0 Å². The van der Waals surface area contributed by atoms with Gasteiger partial charge in [-0.25, -0.2) is 9.59 Å². The third kappa shape index (κ3) is 4.21. The molecule has 22 heavy (non-hydrogen) atoms. The maximum Gasteiger partial charge on any atom is 0.342 e. The highest BCUT2D eigenvalue weighted by Gasteiger charge is 2.09. The van der Waals surface area contributed by atoms with E-state index >= 15 is 0 Å². The molecular formula is C17H14O5. The molecule has 0 aliphatic carbocycles. The van der Waals surface area contributed by atoms with Gasteiger partial charge < -0.3 is 14.6 Å². The number of carbonyl (C=O) groups is 2. The van der Waals surface area contributed by atoms with E-state index in [1.165, 1.54) is 18.4 Å². The number of carboxylic acid groups (broad SMARTS) is 1. The number of benzene rings is 2. The first-order valence-corrected chi connectivity index (χ1v) is 6.54. The summed E-state index contributed by atoms with van der Waals surface area (Å²) in [7, 11) is 0. The van der Waals surface area contributed by atoms with Gasteiger partial charge in [-0.2, -0.15) is 0 Å². The van der Waals surface area contributed by atoms with Crippen LogP contribution in [0.5, 0.6) is 5.75 Å². The van der Waals surface area contributed by atoms with Crippen LogP contribution in [0.3, 0.4) is 0 Å². The summed E-state index contributed by atoms with van der Waals surface area (Å²) in [6.07, 6.45) is 2.71. The monoisotopic (exact) mass is 298 g/mol. The number of rotatable bonds is 6. The van der Waals surface area contributed by atoms with Gasteiger partial charge in [0, 0.05) is 0 Å². The topological polar surface area (TPSA) is 72.8 Å². The molecule has 0 aromatic heterocycles. The second kappa shape index (κ2) is 7.64. The minimum absolute atomic E-state index is 0.0807. The number of aromatic carboxylic acids is 1. The standard InChI is InChI=1S/C17H14O5/c18-16(19)14-9-4-5-10-15(14)21-11-6-12-22-17(20)13-7-2-1-3-8-13/h1-10,12H,11H2,(H,18,19). The summed E-state index contributed by atoms with van der Waals surface area (Å²) in [5.74, 6) is -1.27. The Morgan fingerprint density at radius 3 is 2.41 bits per heavy atom. The highest BCUT2D eigenvalue weighted by molar-refractivity contribution is 5.91. The molecule has 0 aliphatic heterocycles. The summed E-state index contributed by atoms with van der Waals surface area (Å²) in [6.45, 7) is 0.0896. The molecule has 0 unspecified atom stereocenters. The van der Waals surface area contributed by atoms with Crippen LogP contribution in [-0.2, 0) is 4.74 Å². The van der Waals surface area contributed by atoms with E-state index in [4.69, 9.17) is 14.6 Å². The van der Waals surface area contributed by atoms with E-state index < -0.39 is 11.9 Å². The molecule has 2 aromatic carbocycles. The van der Waals surface area contributed by atoms with Crippen LogP contribution >= 0.6 is 0 Å². The SMILES string of the molecule is O=C(OC=CCOc1ccccc1C(=O)O)c1ccccc1. The van der Waals surface area contributed by atoms with E-state index in [1.807, 2.05) is 0 Å². The van der Waals surface area contributed by atoms with Crippen LogP contribution in [0.1, 0.15) is 20.7 Å².